The van der Waals surface area contributed by atoms with Gasteiger partial charge in [-0.1, -0.05) is 0 Å². The van der Waals surface area contributed by atoms with Crippen LogP contribution >= 0.6 is 0 Å². The molecule has 0 fully saturated rings. The second-order valence-electron chi connectivity index (χ2n) is 5.53. The fraction of sp³-hybridized carbons (Fsp3) is 0.294. The molecule has 0 unspecified atom stereocenters. The van der Waals surface area contributed by atoms with Gasteiger partial charge in [0.25, 0.3) is 0 Å². The third-order valence-electron chi connectivity index (χ3n) is 3.12. The van der Waals surface area contributed by atoms with Crippen LogP contribution in [0.2, 0.25) is 0 Å². The van der Waals surface area contributed by atoms with Gasteiger partial charge in [-0.3, -0.25) is 0 Å². The maximum atomic E-state index is 13.0. The summed E-state index contributed by atoms with van der Waals surface area (Å²) < 4.78 is 50.6. The van der Waals surface area contributed by atoms with Crippen LogP contribution in [0.3, 0.4) is 0 Å². The van der Waals surface area contributed by atoms with Crippen molar-refractivity contribution in [2.75, 3.05) is 7.11 Å². The standard InChI is InChI=1S/C17H16F3N5O2/c1-11(2)27-15(22-9-21)4-5-25-10-23-16(24-25)12-6-13(17(18,19)20)8-14(7-12)26-3/h4-8,10-11H,1-3H3/b5-4-,22-15-. The van der Waals surface area contributed by atoms with Crippen LogP contribution in [0.4, 0.5) is 13.2 Å². The van der Waals surface area contributed by atoms with Gasteiger partial charge in [0.15, 0.2) is 5.82 Å². The van der Waals surface area contributed by atoms with E-state index >= 15 is 0 Å². The first kappa shape index (κ1) is 20.0. The fourth-order valence-electron chi connectivity index (χ4n) is 2.02. The van der Waals surface area contributed by atoms with E-state index in [9.17, 15) is 13.2 Å². The summed E-state index contributed by atoms with van der Waals surface area (Å²) >= 11 is 0. The van der Waals surface area contributed by atoms with E-state index in [1.54, 1.807) is 20.0 Å². The number of hydrogen-bond donors (Lipinski definition) is 0. The molecule has 0 atom stereocenters. The van der Waals surface area contributed by atoms with Crippen LogP contribution in [0.15, 0.2) is 35.6 Å². The van der Waals surface area contributed by atoms with Gasteiger partial charge in [-0.05, 0) is 32.0 Å². The first-order valence-electron chi connectivity index (χ1n) is 7.72. The van der Waals surface area contributed by atoms with Crippen LogP contribution in [0.25, 0.3) is 17.6 Å². The molecule has 7 nitrogen and oxygen atoms in total. The van der Waals surface area contributed by atoms with Gasteiger partial charge in [0.2, 0.25) is 12.1 Å². The molecule has 0 N–H and O–H groups in total. The first-order valence-corrected chi connectivity index (χ1v) is 7.72. The molecule has 0 saturated heterocycles. The summed E-state index contributed by atoms with van der Waals surface area (Å²) in [5, 5.41) is 12.7. The molecular weight excluding hydrogens is 363 g/mol. The van der Waals surface area contributed by atoms with E-state index in [2.05, 4.69) is 15.1 Å². The minimum Gasteiger partial charge on any atom is -0.497 e. The maximum absolute atomic E-state index is 13.0. The van der Waals surface area contributed by atoms with Crippen molar-refractivity contribution in [3.05, 3.63) is 36.2 Å². The SMILES string of the molecule is COc1cc(-c2ncn(/C=C\C(=N\C#N)OC(C)C)n2)cc(C(F)(F)F)c1. The molecule has 0 saturated carbocycles. The molecule has 1 aromatic heterocycles. The molecule has 142 valence electrons. The maximum Gasteiger partial charge on any atom is 0.416 e. The van der Waals surface area contributed by atoms with Crippen molar-refractivity contribution in [2.45, 2.75) is 26.1 Å². The quantitative estimate of drug-likeness (QED) is 0.449. The molecule has 27 heavy (non-hydrogen) atoms. The van der Waals surface area contributed by atoms with Crippen LogP contribution in [0.1, 0.15) is 19.4 Å². The molecule has 2 aromatic rings. The Labute approximate surface area is 153 Å². The van der Waals surface area contributed by atoms with E-state index in [1.165, 1.54) is 36.5 Å². The zero-order valence-electron chi connectivity index (χ0n) is 14.7. The second-order valence-corrected chi connectivity index (χ2v) is 5.53. The number of hydrogen-bond acceptors (Lipinski definition) is 6. The number of methoxy groups -OCH3 is 1. The number of halogens is 3. The molecule has 0 aliphatic heterocycles. The number of nitriles is 1. The van der Waals surface area contributed by atoms with Gasteiger partial charge in [-0.25, -0.2) is 9.67 Å². The lowest BCUT2D eigenvalue weighted by Crippen LogP contribution is -2.09. The normalized spacial score (nSPS) is 12.4. The topological polar surface area (TPSA) is 85.3 Å². The molecule has 0 radical (unpaired) electrons. The van der Waals surface area contributed by atoms with Gasteiger partial charge < -0.3 is 9.47 Å². The molecule has 1 aromatic carbocycles. The predicted molar refractivity (Wildman–Crippen MR) is 91.6 cm³/mol. The lowest BCUT2D eigenvalue weighted by atomic mass is 10.1. The van der Waals surface area contributed by atoms with E-state index in [-0.39, 0.29) is 29.1 Å². The number of nitrogens with zero attached hydrogens (tertiary/aromatic N) is 5. The third-order valence-corrected chi connectivity index (χ3v) is 3.12. The fourth-order valence-corrected chi connectivity index (χ4v) is 2.02. The zero-order chi connectivity index (χ0) is 20.0. The van der Waals surface area contributed by atoms with Gasteiger partial charge in [0.05, 0.1) is 18.8 Å². The summed E-state index contributed by atoms with van der Waals surface area (Å²) in [5.41, 5.74) is -0.712. The highest BCUT2D eigenvalue weighted by molar-refractivity contribution is 5.90. The van der Waals surface area contributed by atoms with Crippen LogP contribution < -0.4 is 4.74 Å². The Hall–Kier alpha value is -3.35. The summed E-state index contributed by atoms with van der Waals surface area (Å²) in [4.78, 5) is 7.52. The summed E-state index contributed by atoms with van der Waals surface area (Å²) in [6.07, 6.45) is 1.02. The smallest absolute Gasteiger partial charge is 0.416 e. The van der Waals surface area contributed by atoms with Gasteiger partial charge in [0, 0.05) is 17.8 Å². The Morgan fingerprint density at radius 3 is 2.67 bits per heavy atom. The molecule has 0 bridgehead atoms. The number of aliphatic imine (C=N–C) groups is 1. The van der Waals surface area contributed by atoms with E-state index in [1.807, 2.05) is 0 Å². The van der Waals surface area contributed by atoms with Crippen molar-refractivity contribution >= 4 is 12.1 Å². The minimum atomic E-state index is -4.53. The van der Waals surface area contributed by atoms with Crippen molar-refractivity contribution in [1.29, 1.82) is 5.26 Å². The Kier molecular flexibility index (Phi) is 6.18. The predicted octanol–water partition coefficient (Wildman–Crippen LogP) is 3.75. The Bertz CT molecular complexity index is 895. The second kappa shape index (κ2) is 8.35. The number of benzene rings is 1. The van der Waals surface area contributed by atoms with Gasteiger partial charge in [0.1, 0.15) is 12.1 Å². The average molecular weight is 379 g/mol. The highest BCUT2D eigenvalue weighted by atomic mass is 19.4. The summed E-state index contributed by atoms with van der Waals surface area (Å²) in [6.45, 7) is 3.55. The van der Waals surface area contributed by atoms with Crippen LogP contribution in [0.5, 0.6) is 5.75 Å². The van der Waals surface area contributed by atoms with Crippen LogP contribution in [0, 0.1) is 11.5 Å². The first-order chi connectivity index (χ1) is 12.7. The Balaban J connectivity index is 2.31. The van der Waals surface area contributed by atoms with Crippen molar-refractivity contribution in [3.8, 4) is 23.3 Å². The summed E-state index contributed by atoms with van der Waals surface area (Å²) in [6, 6.07) is 3.24. The molecule has 0 spiro atoms. The van der Waals surface area contributed by atoms with E-state index in [0.29, 0.717) is 0 Å². The lowest BCUT2D eigenvalue weighted by molar-refractivity contribution is -0.137. The van der Waals surface area contributed by atoms with Crippen molar-refractivity contribution < 1.29 is 22.6 Å². The van der Waals surface area contributed by atoms with Crippen LogP contribution in [-0.4, -0.2) is 33.9 Å². The molecule has 0 aliphatic rings. The Morgan fingerprint density at radius 2 is 2.07 bits per heavy atom. The monoisotopic (exact) mass is 379 g/mol. The molecule has 10 heteroatoms. The third kappa shape index (κ3) is 5.57. The molecular formula is C17H16F3N5O2. The van der Waals surface area contributed by atoms with Gasteiger partial charge in [-0.2, -0.15) is 18.4 Å². The summed E-state index contributed by atoms with van der Waals surface area (Å²) in [7, 11) is 1.28. The Morgan fingerprint density at radius 1 is 1.33 bits per heavy atom. The molecule has 0 aliphatic carbocycles. The number of rotatable bonds is 5. The molecule has 0 amide bonds. The molecule has 2 rings (SSSR count). The minimum absolute atomic E-state index is 0.0421. The highest BCUT2D eigenvalue weighted by Crippen LogP contribution is 2.34. The lowest BCUT2D eigenvalue weighted by Gasteiger charge is -2.10. The van der Waals surface area contributed by atoms with Gasteiger partial charge >= 0.3 is 6.18 Å². The van der Waals surface area contributed by atoms with Crippen molar-refractivity contribution in [2.24, 2.45) is 4.99 Å². The van der Waals surface area contributed by atoms with E-state index in [0.717, 1.165) is 12.1 Å². The zero-order valence-corrected chi connectivity index (χ0v) is 14.7. The number of alkyl halides is 3. The van der Waals surface area contributed by atoms with E-state index in [4.69, 9.17) is 14.7 Å². The van der Waals surface area contributed by atoms with Crippen LogP contribution in [-0.2, 0) is 10.9 Å². The highest BCUT2D eigenvalue weighted by Gasteiger charge is 2.31. The van der Waals surface area contributed by atoms with Gasteiger partial charge in [-0.15, -0.1) is 10.1 Å². The largest absolute Gasteiger partial charge is 0.497 e. The van der Waals surface area contributed by atoms with Crippen molar-refractivity contribution in [1.82, 2.24) is 14.8 Å². The van der Waals surface area contributed by atoms with E-state index < -0.39 is 11.7 Å². The molecule has 1 heterocycles. The van der Waals surface area contributed by atoms with Crippen molar-refractivity contribution in [3.63, 3.8) is 0 Å². The average Bonchev–Trinajstić information content (AvgIpc) is 3.07. The number of ether oxygens (including phenoxy) is 2. The summed E-state index contributed by atoms with van der Waals surface area (Å²) in [5.74, 6) is 0.193. The number of aromatic nitrogens is 3.